The smallest absolute Gasteiger partial charge is 0.128 e. The van der Waals surface area contributed by atoms with E-state index in [1.807, 2.05) is 12.1 Å². The molecule has 0 radical (unpaired) electrons. The summed E-state index contributed by atoms with van der Waals surface area (Å²) in [4.78, 5) is 6.73. The van der Waals surface area contributed by atoms with Gasteiger partial charge in [-0.3, -0.25) is 0 Å². The Hall–Kier alpha value is -1.56. The van der Waals surface area contributed by atoms with Crippen LogP contribution in [0.4, 0.5) is 5.82 Å². The van der Waals surface area contributed by atoms with Gasteiger partial charge in [-0.15, -0.1) is 0 Å². The predicted octanol–water partition coefficient (Wildman–Crippen LogP) is 3.22. The summed E-state index contributed by atoms with van der Waals surface area (Å²) in [5, 5.41) is 8.78. The van der Waals surface area contributed by atoms with Crippen LogP contribution in [0.1, 0.15) is 39.2 Å². The first-order chi connectivity index (χ1) is 8.56. The normalized spacial score (nSPS) is 22.6. The van der Waals surface area contributed by atoms with E-state index in [4.69, 9.17) is 5.26 Å². The van der Waals surface area contributed by atoms with Gasteiger partial charge < -0.3 is 4.90 Å². The Labute approximate surface area is 109 Å². The maximum Gasteiger partial charge on any atom is 0.128 e. The van der Waals surface area contributed by atoms with Gasteiger partial charge in [-0.2, -0.15) is 5.26 Å². The molecule has 3 heteroatoms. The van der Waals surface area contributed by atoms with E-state index in [9.17, 15) is 0 Å². The van der Waals surface area contributed by atoms with Crippen molar-refractivity contribution in [3.8, 4) is 6.07 Å². The second-order valence-corrected chi connectivity index (χ2v) is 5.82. The first-order valence-corrected chi connectivity index (χ1v) is 6.68. The monoisotopic (exact) mass is 243 g/mol. The van der Waals surface area contributed by atoms with Crippen molar-refractivity contribution in [2.45, 2.75) is 33.6 Å². The summed E-state index contributed by atoms with van der Waals surface area (Å²) >= 11 is 0. The van der Waals surface area contributed by atoms with Crippen molar-refractivity contribution in [2.24, 2.45) is 11.3 Å². The summed E-state index contributed by atoms with van der Waals surface area (Å²) in [5.74, 6) is 1.80. The van der Waals surface area contributed by atoms with E-state index in [0.29, 0.717) is 11.0 Å². The Morgan fingerprint density at radius 2 is 2.28 bits per heavy atom. The van der Waals surface area contributed by atoms with Gasteiger partial charge in [0.25, 0.3) is 0 Å². The van der Waals surface area contributed by atoms with Crippen LogP contribution in [0.3, 0.4) is 0 Å². The van der Waals surface area contributed by atoms with Gasteiger partial charge in [0.1, 0.15) is 11.9 Å². The van der Waals surface area contributed by atoms with Crippen LogP contribution in [0.15, 0.2) is 18.3 Å². The van der Waals surface area contributed by atoms with Gasteiger partial charge in [0.15, 0.2) is 0 Å². The second-order valence-electron chi connectivity index (χ2n) is 5.82. The molecule has 1 aliphatic rings. The Kier molecular flexibility index (Phi) is 3.56. The largest absolute Gasteiger partial charge is 0.356 e. The van der Waals surface area contributed by atoms with E-state index in [0.717, 1.165) is 24.8 Å². The molecule has 1 atom stereocenters. The summed E-state index contributed by atoms with van der Waals surface area (Å²) in [6, 6.07) is 5.92. The molecule has 0 bridgehead atoms. The zero-order valence-electron chi connectivity index (χ0n) is 11.5. The van der Waals surface area contributed by atoms with Crippen LogP contribution in [-0.2, 0) is 0 Å². The lowest BCUT2D eigenvalue weighted by Crippen LogP contribution is -2.45. The number of nitriles is 1. The van der Waals surface area contributed by atoms with Crippen molar-refractivity contribution in [1.82, 2.24) is 4.98 Å². The predicted molar refractivity (Wildman–Crippen MR) is 73.3 cm³/mol. The van der Waals surface area contributed by atoms with Crippen molar-refractivity contribution in [1.29, 1.82) is 5.26 Å². The third kappa shape index (κ3) is 2.48. The molecule has 2 rings (SSSR count). The van der Waals surface area contributed by atoms with Gasteiger partial charge in [-0.1, -0.05) is 27.2 Å². The lowest BCUT2D eigenvalue weighted by Gasteiger charge is -2.44. The molecule has 1 fully saturated rings. The highest BCUT2D eigenvalue weighted by Gasteiger charge is 2.34. The standard InChI is InChI=1S/C15H21N3/c1-4-13-7-8-18(11-15(13,2)3)14-6-5-12(9-16)10-17-14/h5-6,10,13H,4,7-8,11H2,1-3H3. The zero-order chi connectivity index (χ0) is 13.2. The average Bonchev–Trinajstić information content (AvgIpc) is 2.37. The van der Waals surface area contributed by atoms with E-state index in [1.165, 1.54) is 12.8 Å². The molecule has 0 spiro atoms. The summed E-state index contributed by atoms with van der Waals surface area (Å²) in [5.41, 5.74) is 0.962. The fourth-order valence-electron chi connectivity index (χ4n) is 2.99. The summed E-state index contributed by atoms with van der Waals surface area (Å²) < 4.78 is 0. The maximum atomic E-state index is 8.78. The van der Waals surface area contributed by atoms with E-state index in [1.54, 1.807) is 6.20 Å². The van der Waals surface area contributed by atoms with E-state index in [-0.39, 0.29) is 0 Å². The van der Waals surface area contributed by atoms with Crippen LogP contribution >= 0.6 is 0 Å². The van der Waals surface area contributed by atoms with Crippen molar-refractivity contribution in [2.75, 3.05) is 18.0 Å². The molecule has 0 saturated carbocycles. The van der Waals surface area contributed by atoms with Crippen LogP contribution in [-0.4, -0.2) is 18.1 Å². The Balaban J connectivity index is 2.13. The molecule has 1 aromatic rings. The van der Waals surface area contributed by atoms with E-state index >= 15 is 0 Å². The van der Waals surface area contributed by atoms with Gasteiger partial charge >= 0.3 is 0 Å². The second kappa shape index (κ2) is 4.97. The summed E-state index contributed by atoms with van der Waals surface area (Å²) in [7, 11) is 0. The molecule has 96 valence electrons. The van der Waals surface area contributed by atoms with Crippen LogP contribution in [0, 0.1) is 22.7 Å². The molecule has 1 aliphatic heterocycles. The van der Waals surface area contributed by atoms with Gasteiger partial charge in [0.05, 0.1) is 5.56 Å². The number of piperidine rings is 1. The molecular weight excluding hydrogens is 222 g/mol. The quantitative estimate of drug-likeness (QED) is 0.800. The van der Waals surface area contributed by atoms with Crippen molar-refractivity contribution >= 4 is 5.82 Å². The highest BCUT2D eigenvalue weighted by molar-refractivity contribution is 5.42. The highest BCUT2D eigenvalue weighted by Crippen LogP contribution is 2.38. The van der Waals surface area contributed by atoms with Crippen LogP contribution < -0.4 is 4.90 Å². The first kappa shape index (κ1) is 12.9. The molecule has 0 N–H and O–H groups in total. The molecule has 0 aromatic carbocycles. The number of aromatic nitrogens is 1. The Morgan fingerprint density at radius 3 is 2.78 bits per heavy atom. The number of anilines is 1. The van der Waals surface area contributed by atoms with Crippen molar-refractivity contribution in [3.05, 3.63) is 23.9 Å². The lowest BCUT2D eigenvalue weighted by atomic mass is 9.72. The zero-order valence-corrected chi connectivity index (χ0v) is 11.5. The minimum absolute atomic E-state index is 0.336. The fourth-order valence-corrected chi connectivity index (χ4v) is 2.99. The molecule has 18 heavy (non-hydrogen) atoms. The van der Waals surface area contributed by atoms with Gasteiger partial charge in [0.2, 0.25) is 0 Å². The van der Waals surface area contributed by atoms with Crippen molar-refractivity contribution < 1.29 is 0 Å². The summed E-state index contributed by atoms with van der Waals surface area (Å²) in [6.45, 7) is 9.08. The molecule has 0 aliphatic carbocycles. The Morgan fingerprint density at radius 1 is 1.50 bits per heavy atom. The van der Waals surface area contributed by atoms with Crippen LogP contribution in [0.2, 0.25) is 0 Å². The lowest BCUT2D eigenvalue weighted by molar-refractivity contribution is 0.170. The fraction of sp³-hybridized carbons (Fsp3) is 0.600. The number of pyridine rings is 1. The highest BCUT2D eigenvalue weighted by atomic mass is 15.2. The molecular formula is C15H21N3. The molecule has 1 aromatic heterocycles. The Bertz CT molecular complexity index is 442. The van der Waals surface area contributed by atoms with Crippen molar-refractivity contribution in [3.63, 3.8) is 0 Å². The summed E-state index contributed by atoms with van der Waals surface area (Å²) in [6.07, 6.45) is 4.14. The van der Waals surface area contributed by atoms with Crippen LogP contribution in [0.5, 0.6) is 0 Å². The van der Waals surface area contributed by atoms with Gasteiger partial charge in [-0.25, -0.2) is 4.98 Å². The first-order valence-electron chi connectivity index (χ1n) is 6.68. The molecule has 1 saturated heterocycles. The maximum absolute atomic E-state index is 8.78. The minimum Gasteiger partial charge on any atom is -0.356 e. The third-order valence-electron chi connectivity index (χ3n) is 4.14. The van der Waals surface area contributed by atoms with Gasteiger partial charge in [0, 0.05) is 19.3 Å². The average molecular weight is 243 g/mol. The topological polar surface area (TPSA) is 39.9 Å². The number of hydrogen-bond acceptors (Lipinski definition) is 3. The number of nitrogens with zero attached hydrogens (tertiary/aromatic N) is 3. The van der Waals surface area contributed by atoms with Gasteiger partial charge in [-0.05, 0) is 29.9 Å². The molecule has 1 unspecified atom stereocenters. The van der Waals surface area contributed by atoms with E-state index in [2.05, 4.69) is 36.7 Å². The third-order valence-corrected chi connectivity index (χ3v) is 4.14. The minimum atomic E-state index is 0.336. The van der Waals surface area contributed by atoms with Crippen LogP contribution in [0.25, 0.3) is 0 Å². The number of rotatable bonds is 2. The SMILES string of the molecule is CCC1CCN(c2ccc(C#N)cn2)CC1(C)C. The van der Waals surface area contributed by atoms with E-state index < -0.39 is 0 Å². The molecule has 2 heterocycles. The number of hydrogen-bond donors (Lipinski definition) is 0. The molecule has 0 amide bonds. The molecule has 3 nitrogen and oxygen atoms in total.